The zero-order valence-electron chi connectivity index (χ0n) is 10.1. The van der Waals surface area contributed by atoms with Gasteiger partial charge in [0, 0.05) is 19.6 Å². The highest BCUT2D eigenvalue weighted by Gasteiger charge is 2.13. The zero-order chi connectivity index (χ0) is 13.0. The first-order chi connectivity index (χ1) is 8.68. The van der Waals surface area contributed by atoms with Gasteiger partial charge in [-0.25, -0.2) is 0 Å². The SMILES string of the molecule is Nc1ccc(O)c(Cl)c1OCCN1CCOCC1. The van der Waals surface area contributed by atoms with Crippen molar-refractivity contribution in [3.8, 4) is 11.5 Å². The van der Waals surface area contributed by atoms with E-state index >= 15 is 0 Å². The molecular formula is C12H17ClN2O3. The average molecular weight is 273 g/mol. The number of aromatic hydroxyl groups is 1. The highest BCUT2D eigenvalue weighted by molar-refractivity contribution is 6.34. The molecule has 2 rings (SSSR count). The maximum absolute atomic E-state index is 9.48. The normalized spacial score (nSPS) is 16.7. The van der Waals surface area contributed by atoms with Gasteiger partial charge in [-0.1, -0.05) is 11.6 Å². The van der Waals surface area contributed by atoms with Crippen LogP contribution in [0.25, 0.3) is 0 Å². The van der Waals surface area contributed by atoms with E-state index in [1.165, 1.54) is 6.07 Å². The third-order valence-corrected chi connectivity index (χ3v) is 3.23. The first-order valence-electron chi connectivity index (χ1n) is 5.88. The van der Waals surface area contributed by atoms with E-state index in [1.54, 1.807) is 6.07 Å². The Morgan fingerprint density at radius 3 is 2.83 bits per heavy atom. The molecule has 18 heavy (non-hydrogen) atoms. The Labute approximate surface area is 111 Å². The number of nitrogens with two attached hydrogens (primary N) is 1. The summed E-state index contributed by atoms with van der Waals surface area (Å²) >= 11 is 5.93. The Kier molecular flexibility index (Phi) is 4.52. The summed E-state index contributed by atoms with van der Waals surface area (Å²) in [7, 11) is 0. The second kappa shape index (κ2) is 6.13. The molecule has 100 valence electrons. The average Bonchev–Trinajstić information content (AvgIpc) is 2.39. The Bertz CT molecular complexity index is 409. The molecule has 6 heteroatoms. The molecule has 1 aromatic carbocycles. The van der Waals surface area contributed by atoms with Gasteiger partial charge in [-0.15, -0.1) is 0 Å². The predicted octanol–water partition coefficient (Wildman–Crippen LogP) is 1.34. The molecule has 1 heterocycles. The van der Waals surface area contributed by atoms with E-state index in [2.05, 4.69) is 4.90 Å². The minimum absolute atomic E-state index is 0.0211. The summed E-state index contributed by atoms with van der Waals surface area (Å²) in [6.07, 6.45) is 0. The van der Waals surface area contributed by atoms with Crippen molar-refractivity contribution in [2.75, 3.05) is 45.2 Å². The van der Waals surface area contributed by atoms with E-state index in [9.17, 15) is 5.11 Å². The van der Waals surface area contributed by atoms with Gasteiger partial charge in [0.1, 0.15) is 17.4 Å². The van der Waals surface area contributed by atoms with Crippen molar-refractivity contribution in [3.63, 3.8) is 0 Å². The van der Waals surface area contributed by atoms with Gasteiger partial charge in [0.25, 0.3) is 0 Å². The van der Waals surface area contributed by atoms with Gasteiger partial charge in [0.15, 0.2) is 5.75 Å². The monoisotopic (exact) mass is 272 g/mol. The standard InChI is InChI=1S/C12H17ClN2O3/c13-11-10(16)2-1-9(14)12(11)18-8-5-15-3-6-17-7-4-15/h1-2,16H,3-8,14H2. The number of phenols is 1. The van der Waals surface area contributed by atoms with Crippen LogP contribution in [0.3, 0.4) is 0 Å². The Hall–Kier alpha value is -1.17. The topological polar surface area (TPSA) is 68.0 Å². The summed E-state index contributed by atoms with van der Waals surface area (Å²) in [5, 5.41) is 9.64. The summed E-state index contributed by atoms with van der Waals surface area (Å²) < 4.78 is 10.8. The Morgan fingerprint density at radius 2 is 2.11 bits per heavy atom. The molecule has 0 bridgehead atoms. The third-order valence-electron chi connectivity index (χ3n) is 2.86. The van der Waals surface area contributed by atoms with Crippen molar-refractivity contribution in [3.05, 3.63) is 17.2 Å². The lowest BCUT2D eigenvalue weighted by molar-refractivity contribution is 0.0323. The van der Waals surface area contributed by atoms with Crippen molar-refractivity contribution in [2.24, 2.45) is 0 Å². The summed E-state index contributed by atoms with van der Waals surface area (Å²) in [5.74, 6) is 0.331. The van der Waals surface area contributed by atoms with Crippen molar-refractivity contribution in [2.45, 2.75) is 0 Å². The van der Waals surface area contributed by atoms with Crippen LogP contribution in [0.5, 0.6) is 11.5 Å². The molecule has 1 fully saturated rings. The van der Waals surface area contributed by atoms with Gasteiger partial charge in [-0.3, -0.25) is 4.90 Å². The van der Waals surface area contributed by atoms with E-state index in [0.29, 0.717) is 18.0 Å². The van der Waals surface area contributed by atoms with E-state index in [1.807, 2.05) is 0 Å². The molecule has 1 saturated heterocycles. The molecule has 0 unspecified atom stereocenters. The molecular weight excluding hydrogens is 256 g/mol. The maximum Gasteiger partial charge on any atom is 0.164 e. The molecule has 1 aromatic rings. The van der Waals surface area contributed by atoms with Gasteiger partial charge in [-0.05, 0) is 12.1 Å². The molecule has 1 aliphatic rings. The van der Waals surface area contributed by atoms with Gasteiger partial charge >= 0.3 is 0 Å². The van der Waals surface area contributed by atoms with Crippen molar-refractivity contribution < 1.29 is 14.6 Å². The fourth-order valence-corrected chi connectivity index (χ4v) is 2.04. The van der Waals surface area contributed by atoms with E-state index in [0.717, 1.165) is 32.8 Å². The molecule has 0 saturated carbocycles. The number of nitrogen functional groups attached to an aromatic ring is 1. The second-order valence-electron chi connectivity index (χ2n) is 4.12. The smallest absolute Gasteiger partial charge is 0.164 e. The molecule has 5 nitrogen and oxygen atoms in total. The number of benzene rings is 1. The summed E-state index contributed by atoms with van der Waals surface area (Å²) in [6, 6.07) is 3.03. The molecule has 0 amide bonds. The highest BCUT2D eigenvalue weighted by Crippen LogP contribution is 2.37. The van der Waals surface area contributed by atoms with Crippen LogP contribution in [0, 0.1) is 0 Å². The molecule has 0 spiro atoms. The lowest BCUT2D eigenvalue weighted by Crippen LogP contribution is -2.38. The summed E-state index contributed by atoms with van der Waals surface area (Å²) in [4.78, 5) is 2.25. The lowest BCUT2D eigenvalue weighted by Gasteiger charge is -2.26. The van der Waals surface area contributed by atoms with Crippen molar-refractivity contribution in [1.82, 2.24) is 4.90 Å². The summed E-state index contributed by atoms with van der Waals surface area (Å²) in [5.41, 5.74) is 6.19. The molecule has 0 aliphatic carbocycles. The van der Waals surface area contributed by atoms with Gasteiger partial charge in [0.2, 0.25) is 0 Å². The number of morpholine rings is 1. The molecule has 0 aromatic heterocycles. The third kappa shape index (κ3) is 3.19. The molecule has 1 aliphatic heterocycles. The van der Waals surface area contributed by atoms with Crippen LogP contribution in [0.4, 0.5) is 5.69 Å². The predicted molar refractivity (Wildman–Crippen MR) is 70.3 cm³/mol. The van der Waals surface area contributed by atoms with Crippen LogP contribution in [-0.4, -0.2) is 49.5 Å². The maximum atomic E-state index is 9.48. The molecule has 3 N–H and O–H groups in total. The van der Waals surface area contributed by atoms with Gasteiger partial charge in [-0.2, -0.15) is 0 Å². The van der Waals surface area contributed by atoms with Crippen LogP contribution in [0.1, 0.15) is 0 Å². The summed E-state index contributed by atoms with van der Waals surface area (Å²) in [6.45, 7) is 4.60. The van der Waals surface area contributed by atoms with E-state index in [-0.39, 0.29) is 10.8 Å². The first kappa shape index (κ1) is 13.3. The zero-order valence-corrected chi connectivity index (χ0v) is 10.8. The van der Waals surface area contributed by atoms with Crippen LogP contribution in [0.15, 0.2) is 12.1 Å². The molecule has 0 radical (unpaired) electrons. The minimum Gasteiger partial charge on any atom is -0.506 e. The minimum atomic E-state index is -0.0211. The quantitative estimate of drug-likeness (QED) is 0.639. The number of ether oxygens (including phenoxy) is 2. The number of phenolic OH excluding ortho intramolecular Hbond substituents is 1. The number of halogens is 1. The number of anilines is 1. The number of rotatable bonds is 4. The van der Waals surface area contributed by atoms with Crippen LogP contribution >= 0.6 is 11.6 Å². The molecule has 0 atom stereocenters. The number of hydrogen-bond donors (Lipinski definition) is 2. The largest absolute Gasteiger partial charge is 0.506 e. The number of hydrogen-bond acceptors (Lipinski definition) is 5. The van der Waals surface area contributed by atoms with E-state index < -0.39 is 0 Å². The van der Waals surface area contributed by atoms with Crippen LogP contribution < -0.4 is 10.5 Å². The number of nitrogens with zero attached hydrogens (tertiary/aromatic N) is 1. The van der Waals surface area contributed by atoms with Gasteiger partial charge in [0.05, 0.1) is 18.9 Å². The second-order valence-corrected chi connectivity index (χ2v) is 4.50. The van der Waals surface area contributed by atoms with E-state index in [4.69, 9.17) is 26.8 Å². The lowest BCUT2D eigenvalue weighted by atomic mass is 10.3. The van der Waals surface area contributed by atoms with Gasteiger partial charge < -0.3 is 20.3 Å². The van der Waals surface area contributed by atoms with Crippen molar-refractivity contribution in [1.29, 1.82) is 0 Å². The fraction of sp³-hybridized carbons (Fsp3) is 0.500. The fourth-order valence-electron chi connectivity index (χ4n) is 1.81. The van der Waals surface area contributed by atoms with Crippen LogP contribution in [0.2, 0.25) is 5.02 Å². The van der Waals surface area contributed by atoms with Crippen molar-refractivity contribution >= 4 is 17.3 Å². The van der Waals surface area contributed by atoms with Crippen LogP contribution in [-0.2, 0) is 4.74 Å². The highest BCUT2D eigenvalue weighted by atomic mass is 35.5. The first-order valence-corrected chi connectivity index (χ1v) is 6.26. The Morgan fingerprint density at radius 1 is 1.39 bits per heavy atom. The Balaban J connectivity index is 1.88.